The van der Waals surface area contributed by atoms with Crippen molar-refractivity contribution in [2.24, 2.45) is 0 Å². The lowest BCUT2D eigenvalue weighted by Gasteiger charge is -2.56. The zero-order valence-electron chi connectivity index (χ0n) is 18.4. The van der Waals surface area contributed by atoms with Crippen LogP contribution < -0.4 is 0 Å². The minimum Gasteiger partial charge on any atom is -0.462 e. The molecule has 0 rings (SSSR count). The maximum Gasteiger partial charge on any atom is 0.333 e. The largest absolute Gasteiger partial charge is 0.462 e. The molecule has 0 aliphatic heterocycles. The van der Waals surface area contributed by atoms with E-state index in [2.05, 4.69) is 54.7 Å². The zero-order valence-corrected chi connectivity index (χ0v) is 21.4. The molecular formula is C20H44O2Si3. The first kappa shape index (κ1) is 24.9. The molecule has 0 amide bonds. The topological polar surface area (TPSA) is 26.3 Å². The molecule has 0 spiro atoms. The second-order valence-electron chi connectivity index (χ2n) is 8.03. The van der Waals surface area contributed by atoms with Crippen molar-refractivity contribution < 1.29 is 9.53 Å². The van der Waals surface area contributed by atoms with Crippen LogP contribution in [0.4, 0.5) is 0 Å². The highest BCUT2D eigenvalue weighted by Gasteiger charge is 2.58. The average molecular weight is 401 g/mol. The maximum absolute atomic E-state index is 11.7. The summed E-state index contributed by atoms with van der Waals surface area (Å²) < 4.78 is 5.44. The minimum atomic E-state index is -1.34. The molecule has 0 aromatic carbocycles. The molecule has 2 nitrogen and oxygen atoms in total. The van der Waals surface area contributed by atoms with Crippen LogP contribution in [0.25, 0.3) is 0 Å². The molecule has 0 bridgehead atoms. The summed E-state index contributed by atoms with van der Waals surface area (Å²) in [6, 6.07) is 10.1. The van der Waals surface area contributed by atoms with Gasteiger partial charge in [-0.25, -0.2) is 4.79 Å². The van der Waals surface area contributed by atoms with Gasteiger partial charge < -0.3 is 4.74 Å². The van der Waals surface area contributed by atoms with Crippen molar-refractivity contribution in [3.05, 3.63) is 12.2 Å². The molecule has 0 saturated heterocycles. The molecule has 0 unspecified atom stereocenters. The molecule has 0 heterocycles. The quantitative estimate of drug-likeness (QED) is 0.148. The van der Waals surface area contributed by atoms with Crippen LogP contribution in [0, 0.1) is 0 Å². The van der Waals surface area contributed by atoms with Gasteiger partial charge in [0.1, 0.15) is 0 Å². The summed E-state index contributed by atoms with van der Waals surface area (Å²) in [6.07, 6.45) is 1.06. The van der Waals surface area contributed by atoms with Gasteiger partial charge in [-0.15, -0.1) is 0 Å². The fraction of sp³-hybridized carbons (Fsp3) is 0.850. The second-order valence-corrected chi connectivity index (χ2v) is 35.0. The third-order valence-electron chi connectivity index (χ3n) is 7.80. The van der Waals surface area contributed by atoms with Gasteiger partial charge in [0, 0.05) is 27.9 Å². The predicted molar refractivity (Wildman–Crippen MR) is 121 cm³/mol. The lowest BCUT2D eigenvalue weighted by Crippen LogP contribution is -2.75. The number of rotatable bonds is 13. The Bertz CT molecular complexity index is 390. The Morgan fingerprint density at radius 2 is 1.20 bits per heavy atom. The monoisotopic (exact) mass is 400 g/mol. The van der Waals surface area contributed by atoms with E-state index in [9.17, 15) is 4.79 Å². The van der Waals surface area contributed by atoms with E-state index >= 15 is 0 Å². The van der Waals surface area contributed by atoms with Crippen LogP contribution in [0.5, 0.6) is 0 Å². The molecule has 0 aromatic rings. The highest BCUT2D eigenvalue weighted by atomic mass is 29.6. The Hall–Kier alpha value is -0.139. The van der Waals surface area contributed by atoms with Gasteiger partial charge in [0.25, 0.3) is 0 Å². The van der Waals surface area contributed by atoms with Crippen LogP contribution in [-0.2, 0) is 9.53 Å². The number of ether oxygens (including phenoxy) is 1. The Kier molecular flexibility index (Phi) is 10.8. The molecule has 0 aliphatic rings. The average Bonchev–Trinajstić information content (AvgIpc) is 2.62. The van der Waals surface area contributed by atoms with Crippen molar-refractivity contribution in [1.29, 1.82) is 0 Å². The summed E-state index contributed by atoms with van der Waals surface area (Å²) in [6.45, 7) is 23.7. The van der Waals surface area contributed by atoms with Crippen molar-refractivity contribution in [2.45, 2.75) is 104 Å². The van der Waals surface area contributed by atoms with Crippen LogP contribution in [0.1, 0.15) is 54.9 Å². The standard InChI is InChI=1S/C20H44O2Si3/c1-10-24(11-2,12-3)23(9,25(13-4,14-5)15-6)18-16-17-22-20(21)19(7)8/h7,10-18H2,1-6,8-9H3. The van der Waals surface area contributed by atoms with Crippen molar-refractivity contribution in [1.82, 2.24) is 0 Å². The van der Waals surface area contributed by atoms with Crippen LogP contribution in [0.2, 0.25) is 48.9 Å². The molecule has 148 valence electrons. The first-order valence-corrected chi connectivity index (χ1v) is 20.5. The molecule has 25 heavy (non-hydrogen) atoms. The number of hydrogen-bond donors (Lipinski definition) is 0. The smallest absolute Gasteiger partial charge is 0.333 e. The van der Waals surface area contributed by atoms with Crippen LogP contribution in [0.3, 0.4) is 0 Å². The first-order valence-electron chi connectivity index (χ1n) is 10.5. The molecule has 0 N–H and O–H groups in total. The summed E-state index contributed by atoms with van der Waals surface area (Å²) in [4.78, 5) is 11.7. The molecule has 0 fully saturated rings. The third kappa shape index (κ3) is 4.98. The summed E-state index contributed by atoms with van der Waals surface area (Å²) in [7, 11) is -3.80. The fourth-order valence-electron chi connectivity index (χ4n) is 5.65. The Labute approximate surface area is 160 Å². The number of carbonyl (C=O) groups is 1. The van der Waals surface area contributed by atoms with Gasteiger partial charge in [0.2, 0.25) is 0 Å². The fourth-order valence-corrected chi connectivity index (χ4v) is 57.7. The Morgan fingerprint density at radius 3 is 1.48 bits per heavy atom. The summed E-state index contributed by atoms with van der Waals surface area (Å²) >= 11 is 0. The lowest BCUT2D eigenvalue weighted by atomic mass is 10.4. The van der Waals surface area contributed by atoms with Gasteiger partial charge in [0.15, 0.2) is 0 Å². The van der Waals surface area contributed by atoms with E-state index in [4.69, 9.17) is 4.74 Å². The van der Waals surface area contributed by atoms with Gasteiger partial charge in [-0.05, 0) is 13.3 Å². The van der Waals surface area contributed by atoms with Gasteiger partial charge in [-0.2, -0.15) is 0 Å². The Balaban J connectivity index is 5.62. The van der Waals surface area contributed by atoms with E-state index in [1.54, 1.807) is 6.92 Å². The zero-order chi connectivity index (χ0) is 19.7. The van der Waals surface area contributed by atoms with E-state index in [1.807, 2.05) is 0 Å². The molecule has 0 aromatic heterocycles. The van der Waals surface area contributed by atoms with E-state index < -0.39 is 22.3 Å². The van der Waals surface area contributed by atoms with Gasteiger partial charge in [-0.1, -0.05) is 97.0 Å². The third-order valence-corrected chi connectivity index (χ3v) is 53.4. The molecule has 0 saturated carbocycles. The van der Waals surface area contributed by atoms with Crippen LogP contribution in [0.15, 0.2) is 12.2 Å². The summed E-state index contributed by atoms with van der Waals surface area (Å²) in [5.74, 6) is -0.224. The first-order chi connectivity index (χ1) is 11.7. The van der Waals surface area contributed by atoms with Crippen LogP contribution in [-0.4, -0.2) is 34.9 Å². The van der Waals surface area contributed by atoms with Crippen molar-refractivity contribution in [3.63, 3.8) is 0 Å². The van der Waals surface area contributed by atoms with Crippen molar-refractivity contribution in [2.75, 3.05) is 6.61 Å². The molecular weight excluding hydrogens is 356 g/mol. The molecule has 0 atom stereocenters. The van der Waals surface area contributed by atoms with E-state index in [0.717, 1.165) is 6.42 Å². The van der Waals surface area contributed by atoms with E-state index in [0.29, 0.717) is 12.2 Å². The summed E-state index contributed by atoms with van der Waals surface area (Å²) in [5, 5.41) is 0. The number of hydrogen-bond acceptors (Lipinski definition) is 2. The van der Waals surface area contributed by atoms with E-state index in [-0.39, 0.29) is 5.97 Å². The van der Waals surface area contributed by atoms with Crippen LogP contribution >= 0.6 is 0 Å². The van der Waals surface area contributed by atoms with Gasteiger partial charge >= 0.3 is 5.97 Å². The predicted octanol–water partition coefficient (Wildman–Crippen LogP) is 6.75. The normalized spacial score (nSPS) is 13.0. The van der Waals surface area contributed by atoms with Crippen molar-refractivity contribution >= 4 is 28.3 Å². The SMILES string of the molecule is C=C(C)C(=O)OCCC[Si](C)([Si](CC)(CC)CC)[Si](CC)(CC)CC. The highest BCUT2D eigenvalue weighted by Crippen LogP contribution is 2.45. The van der Waals surface area contributed by atoms with E-state index in [1.165, 1.54) is 42.3 Å². The van der Waals surface area contributed by atoms with Crippen molar-refractivity contribution in [3.8, 4) is 0 Å². The maximum atomic E-state index is 11.7. The van der Waals surface area contributed by atoms with Gasteiger partial charge in [0.05, 0.1) is 6.61 Å². The molecule has 5 heteroatoms. The second kappa shape index (κ2) is 10.9. The Morgan fingerprint density at radius 1 is 0.840 bits per heavy atom. The summed E-state index contributed by atoms with van der Waals surface area (Å²) in [5.41, 5.74) is 0.513. The number of carbonyl (C=O) groups excluding carboxylic acids is 1. The lowest BCUT2D eigenvalue weighted by molar-refractivity contribution is -0.138. The number of esters is 1. The minimum absolute atomic E-state index is 0.224. The molecule has 0 aliphatic carbocycles. The van der Waals surface area contributed by atoms with Gasteiger partial charge in [-0.3, -0.25) is 0 Å². The molecule has 0 radical (unpaired) electrons. The highest BCUT2D eigenvalue weighted by molar-refractivity contribution is 7.69.